The molecule has 0 fully saturated rings. The molecular weight excluding hydrogens is 220 g/mol. The van der Waals surface area contributed by atoms with Gasteiger partial charge in [0, 0.05) is 24.1 Å². The Morgan fingerprint density at radius 2 is 2.00 bits per heavy atom. The Balaban J connectivity index is 1.99. The van der Waals surface area contributed by atoms with Crippen molar-refractivity contribution in [1.29, 1.82) is 0 Å². The highest BCUT2D eigenvalue weighted by atomic mass is 15.0. The number of benzene rings is 1. The summed E-state index contributed by atoms with van der Waals surface area (Å²) in [5.74, 6) is 0. The van der Waals surface area contributed by atoms with Gasteiger partial charge in [-0.15, -0.1) is 0 Å². The van der Waals surface area contributed by atoms with E-state index >= 15 is 0 Å². The van der Waals surface area contributed by atoms with Crippen molar-refractivity contribution in [2.24, 2.45) is 0 Å². The lowest BCUT2D eigenvalue weighted by Gasteiger charge is -2.11. The molecular formula is C16H22N2. The topological polar surface area (TPSA) is 17.0 Å². The smallest absolute Gasteiger partial charge is 0.0553 e. The van der Waals surface area contributed by atoms with Gasteiger partial charge in [0.2, 0.25) is 0 Å². The van der Waals surface area contributed by atoms with E-state index in [-0.39, 0.29) is 0 Å². The monoisotopic (exact) mass is 242 g/mol. The summed E-state index contributed by atoms with van der Waals surface area (Å²) in [7, 11) is 0. The second-order valence-electron chi connectivity index (χ2n) is 4.60. The second-order valence-corrected chi connectivity index (χ2v) is 4.60. The van der Waals surface area contributed by atoms with E-state index in [0.29, 0.717) is 0 Å². The molecule has 0 amide bonds. The van der Waals surface area contributed by atoms with E-state index in [2.05, 4.69) is 66.3 Å². The molecule has 0 radical (unpaired) electrons. The van der Waals surface area contributed by atoms with Crippen LogP contribution in [0.25, 0.3) is 0 Å². The van der Waals surface area contributed by atoms with Gasteiger partial charge in [0.1, 0.15) is 0 Å². The minimum Gasteiger partial charge on any atom is -0.379 e. The second kappa shape index (κ2) is 6.29. The fraction of sp³-hybridized carbons (Fsp3) is 0.375. The molecule has 2 nitrogen and oxygen atoms in total. The summed E-state index contributed by atoms with van der Waals surface area (Å²) in [5.41, 5.74) is 3.93. The van der Waals surface area contributed by atoms with Crippen LogP contribution in [0.4, 0.5) is 5.69 Å². The number of anilines is 1. The molecule has 0 saturated heterocycles. The van der Waals surface area contributed by atoms with E-state index < -0.39 is 0 Å². The van der Waals surface area contributed by atoms with Gasteiger partial charge in [-0.2, -0.15) is 0 Å². The first-order valence-corrected chi connectivity index (χ1v) is 6.80. The first-order chi connectivity index (χ1) is 8.83. The molecule has 1 N–H and O–H groups in total. The van der Waals surface area contributed by atoms with E-state index in [1.165, 1.54) is 23.4 Å². The Labute approximate surface area is 110 Å². The molecule has 0 aliphatic heterocycles. The fourth-order valence-electron chi connectivity index (χ4n) is 2.16. The highest BCUT2D eigenvalue weighted by Gasteiger charge is 2.00. The van der Waals surface area contributed by atoms with Crippen molar-refractivity contribution < 1.29 is 0 Å². The largest absolute Gasteiger partial charge is 0.379 e. The van der Waals surface area contributed by atoms with Gasteiger partial charge in [-0.05, 0) is 42.7 Å². The summed E-state index contributed by atoms with van der Waals surface area (Å²) in [6, 6.07) is 13.0. The molecule has 2 rings (SSSR count). The van der Waals surface area contributed by atoms with Gasteiger partial charge in [-0.3, -0.25) is 0 Å². The Morgan fingerprint density at radius 3 is 2.78 bits per heavy atom. The first-order valence-electron chi connectivity index (χ1n) is 6.80. The van der Waals surface area contributed by atoms with Crippen molar-refractivity contribution in [2.75, 3.05) is 5.32 Å². The van der Waals surface area contributed by atoms with Crippen LogP contribution in [0.2, 0.25) is 0 Å². The predicted molar refractivity (Wildman–Crippen MR) is 77.9 cm³/mol. The third-order valence-corrected chi connectivity index (χ3v) is 3.20. The summed E-state index contributed by atoms with van der Waals surface area (Å²) >= 11 is 0. The van der Waals surface area contributed by atoms with Crippen molar-refractivity contribution >= 4 is 5.69 Å². The maximum absolute atomic E-state index is 3.50. The van der Waals surface area contributed by atoms with Gasteiger partial charge >= 0.3 is 0 Å². The van der Waals surface area contributed by atoms with Crippen LogP contribution < -0.4 is 5.32 Å². The molecule has 18 heavy (non-hydrogen) atoms. The summed E-state index contributed by atoms with van der Waals surface area (Å²) in [6.45, 7) is 6.38. The minimum absolute atomic E-state index is 0.889. The number of hydrogen-bond donors (Lipinski definition) is 1. The van der Waals surface area contributed by atoms with Gasteiger partial charge in [0.25, 0.3) is 0 Å². The van der Waals surface area contributed by atoms with Crippen molar-refractivity contribution in [3.8, 4) is 0 Å². The van der Waals surface area contributed by atoms with E-state index in [0.717, 1.165) is 19.5 Å². The third-order valence-electron chi connectivity index (χ3n) is 3.20. The van der Waals surface area contributed by atoms with Gasteiger partial charge in [-0.25, -0.2) is 0 Å². The molecule has 2 heteroatoms. The number of rotatable bonds is 6. The summed E-state index contributed by atoms with van der Waals surface area (Å²) in [5, 5.41) is 3.50. The zero-order valence-corrected chi connectivity index (χ0v) is 11.3. The lowest BCUT2D eigenvalue weighted by molar-refractivity contribution is 0.654. The SMILES string of the molecule is CCCn1cccc1CNc1cccc(CC)c1. The van der Waals surface area contributed by atoms with Crippen molar-refractivity contribution in [3.05, 3.63) is 53.9 Å². The Bertz CT molecular complexity index is 485. The average molecular weight is 242 g/mol. The maximum atomic E-state index is 3.50. The number of aryl methyl sites for hydroxylation is 2. The van der Waals surface area contributed by atoms with Gasteiger partial charge in [0.15, 0.2) is 0 Å². The highest BCUT2D eigenvalue weighted by Crippen LogP contribution is 2.13. The van der Waals surface area contributed by atoms with Crippen molar-refractivity contribution in [1.82, 2.24) is 4.57 Å². The normalized spacial score (nSPS) is 10.6. The van der Waals surface area contributed by atoms with Crippen LogP contribution in [0, 0.1) is 0 Å². The van der Waals surface area contributed by atoms with Crippen LogP contribution >= 0.6 is 0 Å². The molecule has 0 bridgehead atoms. The van der Waals surface area contributed by atoms with Gasteiger partial charge in [0.05, 0.1) is 6.54 Å². The molecule has 0 atom stereocenters. The van der Waals surface area contributed by atoms with Crippen LogP contribution in [-0.4, -0.2) is 4.57 Å². The molecule has 1 heterocycles. The third kappa shape index (κ3) is 3.16. The van der Waals surface area contributed by atoms with Crippen molar-refractivity contribution in [2.45, 2.75) is 39.8 Å². The summed E-state index contributed by atoms with van der Waals surface area (Å²) in [4.78, 5) is 0. The van der Waals surface area contributed by atoms with Crippen LogP contribution in [0.5, 0.6) is 0 Å². The van der Waals surface area contributed by atoms with Crippen LogP contribution in [0.3, 0.4) is 0 Å². The van der Waals surface area contributed by atoms with Crippen LogP contribution in [0.15, 0.2) is 42.6 Å². The lowest BCUT2D eigenvalue weighted by Crippen LogP contribution is -2.07. The molecule has 0 saturated carbocycles. The maximum Gasteiger partial charge on any atom is 0.0553 e. The Kier molecular flexibility index (Phi) is 4.46. The molecule has 0 unspecified atom stereocenters. The number of nitrogens with one attached hydrogen (secondary N) is 1. The molecule has 0 spiro atoms. The highest BCUT2D eigenvalue weighted by molar-refractivity contribution is 5.46. The van der Waals surface area contributed by atoms with E-state index in [1.807, 2.05) is 0 Å². The zero-order chi connectivity index (χ0) is 12.8. The summed E-state index contributed by atoms with van der Waals surface area (Å²) < 4.78 is 2.32. The number of aromatic nitrogens is 1. The summed E-state index contributed by atoms with van der Waals surface area (Å²) in [6.07, 6.45) is 4.41. The molecule has 1 aromatic heterocycles. The predicted octanol–water partition coefficient (Wildman–Crippen LogP) is 4.07. The van der Waals surface area contributed by atoms with Crippen molar-refractivity contribution in [3.63, 3.8) is 0 Å². The zero-order valence-electron chi connectivity index (χ0n) is 11.3. The first kappa shape index (κ1) is 12.7. The fourth-order valence-corrected chi connectivity index (χ4v) is 2.16. The molecule has 2 aromatic rings. The Morgan fingerprint density at radius 1 is 1.11 bits per heavy atom. The Hall–Kier alpha value is -1.70. The standard InChI is InChI=1S/C16H22N2/c1-3-10-18-11-6-9-16(18)13-17-15-8-5-7-14(4-2)12-15/h5-9,11-12,17H,3-4,10,13H2,1-2H3. The lowest BCUT2D eigenvalue weighted by atomic mass is 10.1. The van der Waals surface area contributed by atoms with E-state index in [9.17, 15) is 0 Å². The minimum atomic E-state index is 0.889. The van der Waals surface area contributed by atoms with Gasteiger partial charge in [-0.1, -0.05) is 26.0 Å². The molecule has 0 aliphatic rings. The van der Waals surface area contributed by atoms with E-state index in [1.54, 1.807) is 0 Å². The average Bonchev–Trinajstić information content (AvgIpc) is 2.85. The van der Waals surface area contributed by atoms with Crippen LogP contribution in [0.1, 0.15) is 31.5 Å². The molecule has 0 aliphatic carbocycles. The molecule has 1 aromatic carbocycles. The van der Waals surface area contributed by atoms with Gasteiger partial charge < -0.3 is 9.88 Å². The van der Waals surface area contributed by atoms with Crippen LogP contribution in [-0.2, 0) is 19.5 Å². The quantitative estimate of drug-likeness (QED) is 0.808. The number of nitrogens with zero attached hydrogens (tertiary/aromatic N) is 1. The van der Waals surface area contributed by atoms with E-state index in [4.69, 9.17) is 0 Å². The number of hydrogen-bond acceptors (Lipinski definition) is 1. The molecule has 96 valence electrons.